The number of hydrogen-bond donors (Lipinski definition) is 1. The highest BCUT2D eigenvalue weighted by Crippen LogP contribution is 2.26. The molecule has 1 saturated heterocycles. The largest absolute Gasteiger partial charge is 0.351 e. The molecule has 1 aliphatic heterocycles. The molecule has 0 spiro atoms. The van der Waals surface area contributed by atoms with E-state index in [1.54, 1.807) is 60.8 Å². The summed E-state index contributed by atoms with van der Waals surface area (Å²) in [5.74, 6) is -0.950. The van der Waals surface area contributed by atoms with Crippen molar-refractivity contribution in [3.8, 4) is 0 Å². The third kappa shape index (κ3) is 5.74. The van der Waals surface area contributed by atoms with Crippen molar-refractivity contribution in [3.63, 3.8) is 0 Å². The van der Waals surface area contributed by atoms with Gasteiger partial charge in [-0.2, -0.15) is 4.31 Å². The van der Waals surface area contributed by atoms with E-state index in [2.05, 4.69) is 15.3 Å². The average Bonchev–Trinajstić information content (AvgIpc) is 2.96. The number of nitrogens with one attached hydrogen (secondary N) is 1. The summed E-state index contributed by atoms with van der Waals surface area (Å²) in [5.41, 5.74) is 1.47. The number of halogens is 2. The summed E-state index contributed by atoms with van der Waals surface area (Å²) < 4.78 is 28.8. The van der Waals surface area contributed by atoms with Crippen LogP contribution >= 0.6 is 23.2 Å². The zero-order chi connectivity index (χ0) is 27.6. The summed E-state index contributed by atoms with van der Waals surface area (Å²) in [6, 6.07) is 16.8. The molecule has 1 aliphatic rings. The third-order valence-corrected chi connectivity index (χ3v) is 8.95. The number of aromatic nitrogens is 2. The molecule has 1 fully saturated rings. The topological polar surface area (TPSA) is 113 Å². The zero-order valence-corrected chi connectivity index (χ0v) is 22.8. The molecule has 0 radical (unpaired) electrons. The maximum Gasteiger partial charge on any atom is 0.272 e. The van der Waals surface area contributed by atoms with Gasteiger partial charge in [-0.25, -0.2) is 8.42 Å². The SMILES string of the molecule is O=C(NCc1ccc(Cl)cc1Cl)C1CN(C(=O)c2ccccn2)CCN1S(=O)(=O)c1ccc2ncccc2c1. The van der Waals surface area contributed by atoms with Crippen LogP contribution in [0.15, 0.2) is 84.0 Å². The number of sulfonamides is 1. The van der Waals surface area contributed by atoms with Crippen LogP contribution < -0.4 is 5.32 Å². The zero-order valence-electron chi connectivity index (χ0n) is 20.5. The molecule has 39 heavy (non-hydrogen) atoms. The molecule has 4 aromatic rings. The molecule has 2 amide bonds. The molecule has 0 saturated carbocycles. The smallest absolute Gasteiger partial charge is 0.272 e. The van der Waals surface area contributed by atoms with E-state index >= 15 is 0 Å². The summed E-state index contributed by atoms with van der Waals surface area (Å²) in [6.45, 7) is -0.0820. The molecule has 0 bridgehead atoms. The van der Waals surface area contributed by atoms with E-state index in [0.29, 0.717) is 26.5 Å². The van der Waals surface area contributed by atoms with Gasteiger partial charge in [0.25, 0.3) is 5.91 Å². The van der Waals surface area contributed by atoms with Crippen LogP contribution in [-0.4, -0.2) is 65.1 Å². The fourth-order valence-corrected chi connectivity index (χ4v) is 6.50. The molecule has 12 heteroatoms. The summed E-state index contributed by atoms with van der Waals surface area (Å²) in [7, 11) is -4.11. The lowest BCUT2D eigenvalue weighted by Gasteiger charge is -2.39. The first-order valence-corrected chi connectivity index (χ1v) is 14.2. The van der Waals surface area contributed by atoms with E-state index in [1.807, 2.05) is 0 Å². The number of nitrogens with zero attached hydrogens (tertiary/aromatic N) is 4. The van der Waals surface area contributed by atoms with Crippen LogP contribution in [0.4, 0.5) is 0 Å². The molecule has 0 aliphatic carbocycles. The van der Waals surface area contributed by atoms with Crippen molar-refractivity contribution in [2.24, 2.45) is 0 Å². The van der Waals surface area contributed by atoms with E-state index in [-0.39, 0.29) is 42.7 Å². The fraction of sp³-hybridized carbons (Fsp3) is 0.185. The predicted octanol–water partition coefficient (Wildman–Crippen LogP) is 3.77. The number of pyridine rings is 2. The third-order valence-electron chi connectivity index (χ3n) is 6.45. The first-order chi connectivity index (χ1) is 18.7. The molecule has 1 atom stereocenters. The monoisotopic (exact) mass is 583 g/mol. The molecule has 5 rings (SSSR count). The first kappa shape index (κ1) is 27.0. The van der Waals surface area contributed by atoms with Gasteiger partial charge in [-0.15, -0.1) is 0 Å². The van der Waals surface area contributed by atoms with E-state index in [9.17, 15) is 18.0 Å². The van der Waals surface area contributed by atoms with Gasteiger partial charge in [-0.3, -0.25) is 19.6 Å². The molecule has 2 aromatic heterocycles. The van der Waals surface area contributed by atoms with E-state index in [1.165, 1.54) is 23.2 Å². The maximum atomic E-state index is 13.8. The first-order valence-electron chi connectivity index (χ1n) is 12.0. The van der Waals surface area contributed by atoms with Crippen LogP contribution in [0.1, 0.15) is 16.1 Å². The molecule has 2 aromatic carbocycles. The van der Waals surface area contributed by atoms with Crippen molar-refractivity contribution in [1.29, 1.82) is 0 Å². The Morgan fingerprint density at radius 3 is 2.54 bits per heavy atom. The number of fused-ring (bicyclic) bond motifs is 1. The minimum absolute atomic E-state index is 0.0334. The highest BCUT2D eigenvalue weighted by molar-refractivity contribution is 7.89. The molecule has 1 N–H and O–H groups in total. The number of amides is 2. The van der Waals surface area contributed by atoms with Gasteiger partial charge in [0.1, 0.15) is 11.7 Å². The lowest BCUT2D eigenvalue weighted by atomic mass is 10.1. The number of hydrogen-bond acceptors (Lipinski definition) is 6. The van der Waals surface area contributed by atoms with Crippen LogP contribution in [0.25, 0.3) is 10.9 Å². The Morgan fingerprint density at radius 2 is 1.77 bits per heavy atom. The predicted molar refractivity (Wildman–Crippen MR) is 148 cm³/mol. The Kier molecular flexibility index (Phi) is 7.81. The molecular weight excluding hydrogens is 561 g/mol. The maximum absolute atomic E-state index is 13.8. The lowest BCUT2D eigenvalue weighted by molar-refractivity contribution is -0.126. The van der Waals surface area contributed by atoms with Crippen LogP contribution in [0.2, 0.25) is 10.0 Å². The van der Waals surface area contributed by atoms with Crippen molar-refractivity contribution >= 4 is 55.9 Å². The molecular formula is C27H23Cl2N5O4S. The normalized spacial score (nSPS) is 16.3. The van der Waals surface area contributed by atoms with Gasteiger partial charge in [-0.05, 0) is 54.1 Å². The van der Waals surface area contributed by atoms with E-state index in [4.69, 9.17) is 23.2 Å². The number of piperazine rings is 1. The van der Waals surface area contributed by atoms with Gasteiger partial charge >= 0.3 is 0 Å². The number of benzene rings is 2. The highest BCUT2D eigenvalue weighted by atomic mass is 35.5. The van der Waals surface area contributed by atoms with E-state index < -0.39 is 22.0 Å². The molecule has 9 nitrogen and oxygen atoms in total. The number of carbonyl (C=O) groups excluding carboxylic acids is 2. The second kappa shape index (κ2) is 11.3. The van der Waals surface area contributed by atoms with Gasteiger partial charge in [0.15, 0.2) is 0 Å². The molecule has 200 valence electrons. The Balaban J connectivity index is 1.44. The van der Waals surface area contributed by atoms with Crippen LogP contribution in [0.5, 0.6) is 0 Å². The number of rotatable bonds is 6. The minimum Gasteiger partial charge on any atom is -0.351 e. The minimum atomic E-state index is -4.11. The van der Waals surface area contributed by atoms with Crippen molar-refractivity contribution in [3.05, 3.63) is 100 Å². The second-order valence-corrected chi connectivity index (χ2v) is 11.6. The quantitative estimate of drug-likeness (QED) is 0.370. The Morgan fingerprint density at radius 1 is 0.949 bits per heavy atom. The van der Waals surface area contributed by atoms with Gasteiger partial charge in [-0.1, -0.05) is 41.4 Å². The second-order valence-electron chi connectivity index (χ2n) is 8.91. The van der Waals surface area contributed by atoms with Crippen molar-refractivity contribution in [2.75, 3.05) is 19.6 Å². The summed E-state index contributed by atoms with van der Waals surface area (Å²) >= 11 is 12.2. The lowest BCUT2D eigenvalue weighted by Crippen LogP contribution is -2.61. The van der Waals surface area contributed by atoms with E-state index in [0.717, 1.165) is 4.31 Å². The Labute approximate surface area is 235 Å². The van der Waals surface area contributed by atoms with Crippen LogP contribution in [0, 0.1) is 0 Å². The molecule has 3 heterocycles. The van der Waals surface area contributed by atoms with Crippen LogP contribution in [0.3, 0.4) is 0 Å². The summed E-state index contributed by atoms with van der Waals surface area (Å²) in [6.07, 6.45) is 3.13. The number of carbonyl (C=O) groups is 2. The van der Waals surface area contributed by atoms with Crippen molar-refractivity contribution in [1.82, 2.24) is 24.5 Å². The summed E-state index contributed by atoms with van der Waals surface area (Å²) in [5, 5.41) is 4.25. The van der Waals surface area contributed by atoms with Gasteiger partial charge in [0, 0.05) is 54.0 Å². The standard InChI is InChI=1S/C27H23Cl2N5O4S/c28-20-7-6-19(22(29)15-20)16-32-26(35)25-17-33(27(36)24-5-1-2-10-31-24)12-13-34(25)39(37,38)21-8-9-23-18(14-21)4-3-11-30-23/h1-11,14-15,25H,12-13,16-17H2,(H,32,35). The van der Waals surface area contributed by atoms with Crippen molar-refractivity contribution in [2.45, 2.75) is 17.5 Å². The van der Waals surface area contributed by atoms with Crippen LogP contribution in [-0.2, 0) is 21.4 Å². The Hall–Kier alpha value is -3.57. The Bertz CT molecular complexity index is 1650. The van der Waals surface area contributed by atoms with Crippen molar-refractivity contribution < 1.29 is 18.0 Å². The van der Waals surface area contributed by atoms with Gasteiger partial charge in [0.2, 0.25) is 15.9 Å². The summed E-state index contributed by atoms with van der Waals surface area (Å²) in [4.78, 5) is 36.5. The van der Waals surface area contributed by atoms with Gasteiger partial charge in [0.05, 0.1) is 10.4 Å². The van der Waals surface area contributed by atoms with Gasteiger partial charge < -0.3 is 10.2 Å². The average molecular weight is 584 g/mol. The fourth-order valence-electron chi connectivity index (χ4n) is 4.42. The highest BCUT2D eigenvalue weighted by Gasteiger charge is 2.41. The molecule has 1 unspecified atom stereocenters.